The van der Waals surface area contributed by atoms with Crippen LogP contribution in [0.4, 0.5) is 0 Å². The minimum absolute atomic E-state index is 0.352. The van der Waals surface area contributed by atoms with E-state index in [0.717, 1.165) is 5.56 Å². The van der Waals surface area contributed by atoms with E-state index in [-0.39, 0.29) is 0 Å². The van der Waals surface area contributed by atoms with Crippen LogP contribution in [0.5, 0.6) is 5.88 Å². The Morgan fingerprint density at radius 3 is 2.69 bits per heavy atom. The molecule has 3 aromatic rings. The van der Waals surface area contributed by atoms with Crippen molar-refractivity contribution in [2.45, 2.75) is 57.7 Å². The van der Waals surface area contributed by atoms with Crippen LogP contribution in [0.3, 0.4) is 0 Å². The van der Waals surface area contributed by atoms with Gasteiger partial charge in [0.1, 0.15) is 31.2 Å². The fraction of sp³-hybridized carbons (Fsp3) is 0.455. The summed E-state index contributed by atoms with van der Waals surface area (Å²) in [7, 11) is 1.53. The zero-order valence-electron chi connectivity index (χ0n) is 18.4. The Morgan fingerprint density at radius 1 is 1.19 bits per heavy atom. The maximum Gasteiger partial charge on any atom is 0.293 e. The van der Waals surface area contributed by atoms with Gasteiger partial charge in [0.25, 0.3) is 6.47 Å². The first-order chi connectivity index (χ1) is 15.4. The van der Waals surface area contributed by atoms with E-state index in [4.69, 9.17) is 23.7 Å². The molecule has 0 N–H and O–H groups in total. The second-order valence-corrected chi connectivity index (χ2v) is 7.91. The highest BCUT2D eigenvalue weighted by Crippen LogP contribution is 2.39. The van der Waals surface area contributed by atoms with Crippen LogP contribution in [0.15, 0.2) is 43.0 Å². The number of fused-ring (bicyclic) bond motifs is 1. The van der Waals surface area contributed by atoms with Crippen LogP contribution in [0.1, 0.15) is 32.6 Å². The molecule has 4 atom stereocenters. The van der Waals surface area contributed by atoms with Crippen molar-refractivity contribution in [2.75, 3.05) is 7.11 Å². The molecular formula is C22H26N4O6. The largest absolute Gasteiger partial charge is 0.471 e. The molecule has 1 saturated heterocycles. The molecule has 1 aliphatic rings. The van der Waals surface area contributed by atoms with Crippen LogP contribution in [0.2, 0.25) is 0 Å². The normalized spacial score (nSPS) is 21.9. The summed E-state index contributed by atoms with van der Waals surface area (Å²) in [6, 6.07) is 9.79. The number of benzene rings is 1. The molecule has 0 unspecified atom stereocenters. The molecule has 10 nitrogen and oxygen atoms in total. The highest BCUT2D eigenvalue weighted by Gasteiger charge is 2.49. The average molecular weight is 442 g/mol. The second kappa shape index (κ2) is 9.19. The summed E-state index contributed by atoms with van der Waals surface area (Å²) in [6.45, 7) is 6.09. The molecule has 0 radical (unpaired) electrons. The van der Waals surface area contributed by atoms with Gasteiger partial charge < -0.3 is 23.7 Å². The zero-order valence-corrected chi connectivity index (χ0v) is 18.4. The Morgan fingerprint density at radius 2 is 1.97 bits per heavy atom. The van der Waals surface area contributed by atoms with Gasteiger partial charge in [-0.15, -0.1) is 0 Å². The van der Waals surface area contributed by atoms with Crippen LogP contribution in [0, 0.1) is 0 Å². The van der Waals surface area contributed by atoms with Crippen LogP contribution in [-0.4, -0.2) is 57.2 Å². The second-order valence-electron chi connectivity index (χ2n) is 7.91. The molecule has 32 heavy (non-hydrogen) atoms. The van der Waals surface area contributed by atoms with Crippen LogP contribution < -0.4 is 4.74 Å². The number of carbonyl (C=O) groups excluding carboxylic acids is 1. The van der Waals surface area contributed by atoms with E-state index >= 15 is 0 Å². The SMILES string of the molecule is CO[C@H]([C@H]1OC(C)(C)O[C@@H]1n1cnc2c(OCc3ccccc3)ncnc21)[C@H](C)OC=O. The molecular weight excluding hydrogens is 416 g/mol. The van der Waals surface area contributed by atoms with Gasteiger partial charge in [-0.05, 0) is 26.3 Å². The highest BCUT2D eigenvalue weighted by atomic mass is 16.8. The van der Waals surface area contributed by atoms with Gasteiger partial charge in [-0.2, -0.15) is 4.98 Å². The summed E-state index contributed by atoms with van der Waals surface area (Å²) in [5.74, 6) is -0.531. The number of carbonyl (C=O) groups is 1. The maximum atomic E-state index is 10.9. The molecule has 170 valence electrons. The lowest BCUT2D eigenvalue weighted by Crippen LogP contribution is -2.43. The van der Waals surface area contributed by atoms with Crippen molar-refractivity contribution in [1.29, 1.82) is 0 Å². The Bertz CT molecular complexity index is 1060. The average Bonchev–Trinajstić information content (AvgIpc) is 3.34. The summed E-state index contributed by atoms with van der Waals surface area (Å²) in [5, 5.41) is 0. The number of rotatable bonds is 9. The number of methoxy groups -OCH3 is 1. The predicted molar refractivity (Wildman–Crippen MR) is 113 cm³/mol. The number of aromatic nitrogens is 4. The summed E-state index contributed by atoms with van der Waals surface area (Å²) >= 11 is 0. The number of imidazole rings is 1. The van der Waals surface area contributed by atoms with Crippen molar-refractivity contribution < 1.29 is 28.5 Å². The molecule has 2 aromatic heterocycles. The quantitative estimate of drug-likeness (QED) is 0.462. The van der Waals surface area contributed by atoms with Crippen LogP contribution >= 0.6 is 0 Å². The van der Waals surface area contributed by atoms with Gasteiger partial charge in [-0.1, -0.05) is 30.3 Å². The van der Waals surface area contributed by atoms with E-state index in [1.165, 1.54) is 13.4 Å². The van der Waals surface area contributed by atoms with Gasteiger partial charge in [0.05, 0.1) is 6.33 Å². The Balaban J connectivity index is 1.64. The molecule has 4 rings (SSSR count). The molecule has 1 aliphatic heterocycles. The third-order valence-corrected chi connectivity index (χ3v) is 5.25. The summed E-state index contributed by atoms with van der Waals surface area (Å²) < 4.78 is 30.7. The molecule has 1 fully saturated rings. The maximum absolute atomic E-state index is 10.9. The fourth-order valence-electron chi connectivity index (χ4n) is 3.82. The minimum atomic E-state index is -0.900. The first-order valence-electron chi connectivity index (χ1n) is 10.3. The van der Waals surface area contributed by atoms with E-state index in [0.29, 0.717) is 30.1 Å². The number of hydrogen-bond donors (Lipinski definition) is 0. The number of nitrogens with zero attached hydrogens (tertiary/aromatic N) is 4. The van der Waals surface area contributed by atoms with E-state index in [1.54, 1.807) is 31.7 Å². The Hall–Kier alpha value is -3.08. The molecule has 0 saturated carbocycles. The smallest absolute Gasteiger partial charge is 0.293 e. The fourth-order valence-corrected chi connectivity index (χ4v) is 3.82. The van der Waals surface area contributed by atoms with Gasteiger partial charge in [0.15, 0.2) is 23.2 Å². The van der Waals surface area contributed by atoms with Gasteiger partial charge in [-0.25, -0.2) is 9.97 Å². The number of hydrogen-bond acceptors (Lipinski definition) is 9. The van der Waals surface area contributed by atoms with E-state index in [2.05, 4.69) is 15.0 Å². The number of ether oxygens (including phenoxy) is 5. The molecule has 1 aromatic carbocycles. The Labute approximate surface area is 185 Å². The van der Waals surface area contributed by atoms with Crippen molar-refractivity contribution in [1.82, 2.24) is 19.5 Å². The van der Waals surface area contributed by atoms with Gasteiger partial charge in [0.2, 0.25) is 5.88 Å². The lowest BCUT2D eigenvalue weighted by atomic mass is 10.1. The van der Waals surface area contributed by atoms with Gasteiger partial charge in [0, 0.05) is 7.11 Å². The van der Waals surface area contributed by atoms with Crippen molar-refractivity contribution in [3.05, 3.63) is 48.5 Å². The van der Waals surface area contributed by atoms with Gasteiger partial charge >= 0.3 is 0 Å². The third-order valence-electron chi connectivity index (χ3n) is 5.25. The Kier molecular flexibility index (Phi) is 6.35. The summed E-state index contributed by atoms with van der Waals surface area (Å²) in [5.41, 5.74) is 2.04. The highest BCUT2D eigenvalue weighted by molar-refractivity contribution is 5.76. The van der Waals surface area contributed by atoms with Crippen LogP contribution in [0.25, 0.3) is 11.2 Å². The van der Waals surface area contributed by atoms with Crippen LogP contribution in [-0.2, 0) is 30.3 Å². The lowest BCUT2D eigenvalue weighted by molar-refractivity contribution is -0.171. The summed E-state index contributed by atoms with van der Waals surface area (Å²) in [6.07, 6.45) is 0.662. The first kappa shape index (κ1) is 22.1. The van der Waals surface area contributed by atoms with Gasteiger partial charge in [-0.3, -0.25) is 9.36 Å². The van der Waals surface area contributed by atoms with E-state index in [1.807, 2.05) is 30.3 Å². The first-order valence-corrected chi connectivity index (χ1v) is 10.3. The van der Waals surface area contributed by atoms with E-state index in [9.17, 15) is 4.79 Å². The lowest BCUT2D eigenvalue weighted by Gasteiger charge is -2.29. The van der Waals surface area contributed by atoms with Crippen molar-refractivity contribution in [3.8, 4) is 5.88 Å². The summed E-state index contributed by atoms with van der Waals surface area (Å²) in [4.78, 5) is 24.0. The van der Waals surface area contributed by atoms with E-state index < -0.39 is 30.3 Å². The predicted octanol–water partition coefficient (Wildman–Crippen LogP) is 2.63. The van der Waals surface area contributed by atoms with Crippen molar-refractivity contribution in [2.24, 2.45) is 0 Å². The molecule has 0 spiro atoms. The van der Waals surface area contributed by atoms with Crippen molar-refractivity contribution in [3.63, 3.8) is 0 Å². The van der Waals surface area contributed by atoms with Crippen molar-refractivity contribution >= 4 is 17.6 Å². The minimum Gasteiger partial charge on any atom is -0.471 e. The zero-order chi connectivity index (χ0) is 22.7. The standard InChI is InChI=1S/C22H26N4O6/c1-14(30-13-27)17(28-4)18-21(32-22(2,3)31-18)26-12-25-16-19(26)23-11-24-20(16)29-10-15-8-6-5-7-9-15/h5-9,11-14,17-18,21H,10H2,1-4H3/t14-,17-,18+,21-/m0/s1. The molecule has 3 heterocycles. The molecule has 0 aliphatic carbocycles. The molecule has 0 bridgehead atoms. The topological polar surface area (TPSA) is 107 Å². The molecule has 10 heteroatoms. The monoisotopic (exact) mass is 442 g/mol. The third kappa shape index (κ3) is 4.43. The molecule has 0 amide bonds.